The number of likely N-dealkylation sites (tertiary alicyclic amines) is 2. The van der Waals surface area contributed by atoms with E-state index >= 15 is 0 Å². The van der Waals surface area contributed by atoms with E-state index in [0.717, 1.165) is 11.6 Å². The molecule has 0 aromatic heterocycles. The van der Waals surface area contributed by atoms with Gasteiger partial charge in [0.2, 0.25) is 11.8 Å². The van der Waals surface area contributed by atoms with Crippen LogP contribution in [0, 0.1) is 5.92 Å². The van der Waals surface area contributed by atoms with Crippen LogP contribution >= 0.6 is 0 Å². The molecule has 2 saturated heterocycles. The highest BCUT2D eigenvalue weighted by molar-refractivity contribution is 5.80. The van der Waals surface area contributed by atoms with Crippen molar-refractivity contribution in [3.8, 4) is 0 Å². The molecule has 6 nitrogen and oxygen atoms in total. The monoisotopic (exact) mass is 585 g/mol. The van der Waals surface area contributed by atoms with Crippen molar-refractivity contribution >= 4 is 17.5 Å². The molecule has 2 aromatic carbocycles. The summed E-state index contributed by atoms with van der Waals surface area (Å²) in [5.74, 6) is -0.431. The zero-order valence-corrected chi connectivity index (χ0v) is 22.6. The van der Waals surface area contributed by atoms with Gasteiger partial charge in [0, 0.05) is 50.6 Å². The molecular formula is C29H33F6N3O3. The second kappa shape index (κ2) is 12.7. The highest BCUT2D eigenvalue weighted by atomic mass is 19.4. The summed E-state index contributed by atoms with van der Waals surface area (Å²) >= 11 is 0. The Morgan fingerprint density at radius 1 is 0.927 bits per heavy atom. The number of hydrogen-bond donors (Lipinski definition) is 1. The Bertz CT molecular complexity index is 1200. The fraction of sp³-hybridized carbons (Fsp3) is 0.517. The molecule has 2 amide bonds. The van der Waals surface area contributed by atoms with Crippen molar-refractivity contribution in [1.29, 1.82) is 0 Å². The number of carbonyl (C=O) groups excluding carboxylic acids is 2. The van der Waals surface area contributed by atoms with Gasteiger partial charge in [-0.3, -0.25) is 9.59 Å². The van der Waals surface area contributed by atoms with E-state index < -0.39 is 30.6 Å². The number of carbonyl (C=O) groups is 2. The molecule has 2 aliphatic rings. The normalized spacial score (nSPS) is 20.7. The van der Waals surface area contributed by atoms with E-state index in [1.165, 1.54) is 13.0 Å². The molecule has 0 saturated carbocycles. The maximum atomic E-state index is 13.5. The molecule has 4 rings (SSSR count). The molecule has 12 heteroatoms. The maximum Gasteiger partial charge on any atom is 0.416 e. The van der Waals surface area contributed by atoms with Crippen molar-refractivity contribution < 1.29 is 40.7 Å². The van der Waals surface area contributed by atoms with E-state index in [0.29, 0.717) is 51.5 Å². The number of ether oxygens (including phenoxy) is 1. The maximum absolute atomic E-state index is 13.5. The Balaban J connectivity index is 1.47. The van der Waals surface area contributed by atoms with Crippen LogP contribution in [0.2, 0.25) is 0 Å². The van der Waals surface area contributed by atoms with E-state index in [4.69, 9.17) is 4.74 Å². The first-order chi connectivity index (χ1) is 19.3. The van der Waals surface area contributed by atoms with Gasteiger partial charge in [-0.05, 0) is 48.6 Å². The fourth-order valence-corrected chi connectivity index (χ4v) is 5.50. The van der Waals surface area contributed by atoms with Gasteiger partial charge < -0.3 is 19.9 Å². The molecule has 0 spiro atoms. The molecule has 0 bridgehead atoms. The minimum absolute atomic E-state index is 0.0120. The first-order valence-corrected chi connectivity index (χ1v) is 13.5. The third kappa shape index (κ3) is 8.37. The Morgan fingerprint density at radius 2 is 1.59 bits per heavy atom. The molecule has 0 radical (unpaired) electrons. The Labute approximate surface area is 234 Å². The lowest BCUT2D eigenvalue weighted by atomic mass is 9.86. The molecule has 2 fully saturated rings. The second-order valence-electron chi connectivity index (χ2n) is 10.6. The lowest BCUT2D eigenvalue weighted by Gasteiger charge is -2.41. The topological polar surface area (TPSA) is 61.9 Å². The minimum atomic E-state index is -4.75. The summed E-state index contributed by atoms with van der Waals surface area (Å²) in [6, 6.07) is 12.1. The van der Waals surface area contributed by atoms with Crippen molar-refractivity contribution in [3.63, 3.8) is 0 Å². The molecule has 2 atom stereocenters. The smallest absolute Gasteiger partial charge is 0.376 e. The zero-order valence-electron chi connectivity index (χ0n) is 22.6. The first-order valence-electron chi connectivity index (χ1n) is 13.5. The molecular weight excluding hydrogens is 552 g/mol. The van der Waals surface area contributed by atoms with Gasteiger partial charge in [-0.1, -0.05) is 30.3 Å². The Morgan fingerprint density at radius 3 is 2.20 bits per heavy atom. The molecule has 2 heterocycles. The standard InChI is InChI=1S/C29H33F6N3O3/c1-19(39)37-10-7-22(8-11-37)27(40)38-12-9-26(25(16-38)21-5-3-2-4-6-21)41-17-20-13-23(29(33,34)35)15-24(14-20)36-18-28(30,31)32/h2-6,13-15,22,25-26,36H,7-12,16-18H2,1H3. The molecule has 0 aliphatic carbocycles. The summed E-state index contributed by atoms with van der Waals surface area (Å²) in [7, 11) is 0. The van der Waals surface area contributed by atoms with Crippen molar-refractivity contribution in [2.24, 2.45) is 5.92 Å². The lowest BCUT2D eigenvalue weighted by molar-refractivity contribution is -0.143. The molecule has 224 valence electrons. The fourth-order valence-electron chi connectivity index (χ4n) is 5.50. The summed E-state index contributed by atoms with van der Waals surface area (Å²) < 4.78 is 84.6. The number of nitrogens with zero attached hydrogens (tertiary/aromatic N) is 2. The van der Waals surface area contributed by atoms with Crippen LogP contribution in [0.4, 0.5) is 32.0 Å². The lowest BCUT2D eigenvalue weighted by Crippen LogP contribution is -2.49. The average Bonchev–Trinajstić information content (AvgIpc) is 2.94. The van der Waals surface area contributed by atoms with Gasteiger partial charge in [0.05, 0.1) is 18.3 Å². The number of piperidine rings is 2. The van der Waals surface area contributed by atoms with Gasteiger partial charge >= 0.3 is 12.4 Å². The van der Waals surface area contributed by atoms with Crippen LogP contribution in [0.15, 0.2) is 48.5 Å². The predicted molar refractivity (Wildman–Crippen MR) is 140 cm³/mol. The highest BCUT2D eigenvalue weighted by Gasteiger charge is 2.37. The van der Waals surface area contributed by atoms with Crippen LogP contribution in [0.5, 0.6) is 0 Å². The van der Waals surface area contributed by atoms with E-state index in [1.807, 2.05) is 35.6 Å². The summed E-state index contributed by atoms with van der Waals surface area (Å²) in [6.07, 6.45) is -8.15. The van der Waals surface area contributed by atoms with Crippen molar-refractivity contribution in [2.45, 2.75) is 57.2 Å². The van der Waals surface area contributed by atoms with Crippen LogP contribution in [-0.2, 0) is 27.1 Å². The number of nitrogens with one attached hydrogen (secondary N) is 1. The summed E-state index contributed by atoms with van der Waals surface area (Å²) in [6.45, 7) is 1.63. The number of halogens is 6. The van der Waals surface area contributed by atoms with E-state index in [9.17, 15) is 35.9 Å². The van der Waals surface area contributed by atoms with Crippen LogP contribution in [0.3, 0.4) is 0 Å². The van der Waals surface area contributed by atoms with Gasteiger partial charge in [0.1, 0.15) is 6.54 Å². The second-order valence-corrected chi connectivity index (χ2v) is 10.6. The van der Waals surface area contributed by atoms with Gasteiger partial charge in [0.15, 0.2) is 0 Å². The Hall–Kier alpha value is -3.28. The summed E-state index contributed by atoms with van der Waals surface area (Å²) in [5.41, 5.74) is -0.365. The van der Waals surface area contributed by atoms with Crippen molar-refractivity contribution in [3.05, 3.63) is 65.2 Å². The van der Waals surface area contributed by atoms with Crippen LogP contribution in [0.1, 0.15) is 48.8 Å². The van der Waals surface area contributed by atoms with E-state index in [1.54, 1.807) is 9.80 Å². The molecule has 2 aliphatic heterocycles. The van der Waals surface area contributed by atoms with Gasteiger partial charge in [0.25, 0.3) is 0 Å². The number of benzene rings is 2. The third-order valence-corrected chi connectivity index (χ3v) is 7.66. The number of amides is 2. The summed E-state index contributed by atoms with van der Waals surface area (Å²) in [5, 5.41) is 2.02. The first kappa shape index (κ1) is 30.7. The number of hydrogen-bond acceptors (Lipinski definition) is 4. The van der Waals surface area contributed by atoms with Crippen LogP contribution in [-0.4, -0.2) is 66.6 Å². The van der Waals surface area contributed by atoms with Crippen LogP contribution in [0.25, 0.3) is 0 Å². The molecule has 2 aromatic rings. The predicted octanol–water partition coefficient (Wildman–Crippen LogP) is 5.84. The summed E-state index contributed by atoms with van der Waals surface area (Å²) in [4.78, 5) is 28.6. The zero-order chi connectivity index (χ0) is 29.8. The number of alkyl halides is 6. The van der Waals surface area contributed by atoms with Crippen molar-refractivity contribution in [2.75, 3.05) is 38.0 Å². The van der Waals surface area contributed by atoms with Gasteiger partial charge in [-0.25, -0.2) is 0 Å². The number of anilines is 1. The minimum Gasteiger partial charge on any atom is -0.376 e. The SMILES string of the molecule is CC(=O)N1CCC(C(=O)N2CCC(OCc3cc(NCC(F)(F)F)cc(C(F)(F)F)c3)C(c3ccccc3)C2)CC1. The third-order valence-electron chi connectivity index (χ3n) is 7.66. The molecule has 41 heavy (non-hydrogen) atoms. The molecule has 1 N–H and O–H groups in total. The largest absolute Gasteiger partial charge is 0.416 e. The Kier molecular flexibility index (Phi) is 9.51. The van der Waals surface area contributed by atoms with E-state index in [2.05, 4.69) is 0 Å². The molecule has 2 unspecified atom stereocenters. The highest BCUT2D eigenvalue weighted by Crippen LogP contribution is 2.35. The van der Waals surface area contributed by atoms with Crippen LogP contribution < -0.4 is 5.32 Å². The van der Waals surface area contributed by atoms with E-state index in [-0.39, 0.29) is 41.5 Å². The average molecular weight is 586 g/mol. The van der Waals surface area contributed by atoms with Gasteiger partial charge in [-0.2, -0.15) is 26.3 Å². The van der Waals surface area contributed by atoms with Crippen molar-refractivity contribution in [1.82, 2.24) is 9.80 Å². The quantitative estimate of drug-likeness (QED) is 0.415. The number of rotatable bonds is 7. The van der Waals surface area contributed by atoms with Gasteiger partial charge in [-0.15, -0.1) is 0 Å².